The van der Waals surface area contributed by atoms with Gasteiger partial charge in [0.2, 0.25) is 0 Å². The molecule has 2 nitrogen and oxygen atoms in total. The second-order valence-corrected chi connectivity index (χ2v) is 6.96. The van der Waals surface area contributed by atoms with Crippen molar-refractivity contribution in [2.45, 2.75) is 31.8 Å². The second kappa shape index (κ2) is 8.01. The molecule has 0 N–H and O–H groups in total. The molecule has 0 bridgehead atoms. The summed E-state index contributed by atoms with van der Waals surface area (Å²) in [6, 6.07) is 32.5. The predicted molar refractivity (Wildman–Crippen MR) is 108 cm³/mol. The maximum Gasteiger partial charge on any atom is 0.0614 e. The third-order valence-corrected chi connectivity index (χ3v) is 4.92. The van der Waals surface area contributed by atoms with Crippen LogP contribution in [0, 0.1) is 0 Å². The SMILES string of the molecule is c1ccc(CC2=NN(Cc3ccccc3)C(Cc3ccccc3)C2)cc1. The Kier molecular flexibility index (Phi) is 5.11. The monoisotopic (exact) mass is 340 g/mol. The Labute approximate surface area is 155 Å². The summed E-state index contributed by atoms with van der Waals surface area (Å²) < 4.78 is 0. The first kappa shape index (κ1) is 16.6. The average Bonchev–Trinajstić information content (AvgIpc) is 3.05. The van der Waals surface area contributed by atoms with Gasteiger partial charge in [-0.15, -0.1) is 0 Å². The van der Waals surface area contributed by atoms with Crippen LogP contribution in [0.3, 0.4) is 0 Å². The molecule has 1 atom stereocenters. The minimum Gasteiger partial charge on any atom is -0.289 e. The zero-order valence-electron chi connectivity index (χ0n) is 15.0. The van der Waals surface area contributed by atoms with Gasteiger partial charge in [0.25, 0.3) is 0 Å². The molecular formula is C24H24N2. The molecule has 130 valence electrons. The van der Waals surface area contributed by atoms with Crippen LogP contribution in [0.1, 0.15) is 23.1 Å². The number of hydrogen-bond donors (Lipinski definition) is 0. The van der Waals surface area contributed by atoms with Crippen molar-refractivity contribution in [2.24, 2.45) is 5.10 Å². The molecule has 0 saturated carbocycles. The van der Waals surface area contributed by atoms with Gasteiger partial charge in [-0.05, 0) is 23.1 Å². The molecule has 4 rings (SSSR count). The van der Waals surface area contributed by atoms with E-state index in [1.165, 1.54) is 22.4 Å². The van der Waals surface area contributed by atoms with Gasteiger partial charge in [-0.3, -0.25) is 5.01 Å². The van der Waals surface area contributed by atoms with Crippen molar-refractivity contribution in [3.8, 4) is 0 Å². The molecule has 0 spiro atoms. The third-order valence-electron chi connectivity index (χ3n) is 4.92. The van der Waals surface area contributed by atoms with Crippen molar-refractivity contribution in [2.75, 3.05) is 0 Å². The fourth-order valence-corrected chi connectivity index (χ4v) is 3.62. The molecule has 1 aliphatic rings. The number of nitrogens with zero attached hydrogens (tertiary/aromatic N) is 2. The molecule has 0 radical (unpaired) electrons. The van der Waals surface area contributed by atoms with Gasteiger partial charge in [0.15, 0.2) is 0 Å². The van der Waals surface area contributed by atoms with Crippen LogP contribution in [0.25, 0.3) is 0 Å². The Bertz CT molecular complexity index is 841. The van der Waals surface area contributed by atoms with E-state index in [0.29, 0.717) is 6.04 Å². The highest BCUT2D eigenvalue weighted by Crippen LogP contribution is 2.24. The summed E-state index contributed by atoms with van der Waals surface area (Å²) in [6.45, 7) is 0.872. The lowest BCUT2D eigenvalue weighted by Gasteiger charge is -2.24. The summed E-state index contributed by atoms with van der Waals surface area (Å²) in [5, 5.41) is 7.30. The number of rotatable bonds is 6. The van der Waals surface area contributed by atoms with Crippen molar-refractivity contribution >= 4 is 5.71 Å². The zero-order valence-corrected chi connectivity index (χ0v) is 15.0. The van der Waals surface area contributed by atoms with Crippen molar-refractivity contribution < 1.29 is 0 Å². The van der Waals surface area contributed by atoms with Gasteiger partial charge >= 0.3 is 0 Å². The first-order valence-electron chi connectivity index (χ1n) is 9.31. The van der Waals surface area contributed by atoms with Gasteiger partial charge < -0.3 is 0 Å². The highest BCUT2D eigenvalue weighted by molar-refractivity contribution is 5.88. The molecule has 1 heterocycles. The molecule has 0 fully saturated rings. The highest BCUT2D eigenvalue weighted by atomic mass is 15.5. The van der Waals surface area contributed by atoms with Crippen LogP contribution in [-0.2, 0) is 19.4 Å². The molecule has 2 heteroatoms. The van der Waals surface area contributed by atoms with Gasteiger partial charge in [0.1, 0.15) is 0 Å². The summed E-state index contributed by atoms with van der Waals surface area (Å²) >= 11 is 0. The lowest BCUT2D eigenvalue weighted by molar-refractivity contribution is 0.220. The van der Waals surface area contributed by atoms with Crippen molar-refractivity contribution in [3.63, 3.8) is 0 Å². The highest BCUT2D eigenvalue weighted by Gasteiger charge is 2.26. The van der Waals surface area contributed by atoms with Crippen LogP contribution in [-0.4, -0.2) is 16.8 Å². The smallest absolute Gasteiger partial charge is 0.0614 e. The summed E-state index contributed by atoms with van der Waals surface area (Å²) in [5.74, 6) is 0. The predicted octanol–water partition coefficient (Wildman–Crippen LogP) is 5.10. The lowest BCUT2D eigenvalue weighted by Crippen LogP contribution is -2.28. The van der Waals surface area contributed by atoms with E-state index in [1.54, 1.807) is 0 Å². The maximum atomic E-state index is 5.01. The number of hydrazone groups is 1. The Balaban J connectivity index is 1.52. The van der Waals surface area contributed by atoms with Crippen LogP contribution < -0.4 is 0 Å². The van der Waals surface area contributed by atoms with Gasteiger partial charge in [0.05, 0.1) is 12.6 Å². The maximum absolute atomic E-state index is 5.01. The molecule has 1 aliphatic heterocycles. The topological polar surface area (TPSA) is 15.6 Å². The lowest BCUT2D eigenvalue weighted by atomic mass is 9.98. The fourth-order valence-electron chi connectivity index (χ4n) is 3.62. The normalized spacial score (nSPS) is 16.5. The van der Waals surface area contributed by atoms with Crippen LogP contribution in [0.2, 0.25) is 0 Å². The van der Waals surface area contributed by atoms with E-state index in [1.807, 2.05) is 0 Å². The van der Waals surface area contributed by atoms with Gasteiger partial charge in [-0.1, -0.05) is 91.0 Å². The van der Waals surface area contributed by atoms with Gasteiger partial charge in [0, 0.05) is 18.6 Å². The Morgan fingerprint density at radius 3 is 1.85 bits per heavy atom. The minimum absolute atomic E-state index is 0.427. The van der Waals surface area contributed by atoms with Crippen molar-refractivity contribution in [1.82, 2.24) is 5.01 Å². The second-order valence-electron chi connectivity index (χ2n) is 6.96. The first-order valence-corrected chi connectivity index (χ1v) is 9.31. The summed E-state index contributed by atoms with van der Waals surface area (Å²) in [6.07, 6.45) is 3.02. The third kappa shape index (κ3) is 4.20. The standard InChI is InChI=1S/C24H24N2/c1-4-10-20(11-5-1)16-23-18-24(17-21-12-6-2-7-13-21)26(25-23)19-22-14-8-3-9-15-22/h1-15,24H,16-19H2. The quantitative estimate of drug-likeness (QED) is 0.609. The van der Waals surface area contributed by atoms with Crippen LogP contribution >= 0.6 is 0 Å². The minimum atomic E-state index is 0.427. The molecule has 1 unspecified atom stereocenters. The van der Waals surface area contributed by atoms with E-state index in [0.717, 1.165) is 25.8 Å². The van der Waals surface area contributed by atoms with E-state index in [-0.39, 0.29) is 0 Å². The van der Waals surface area contributed by atoms with E-state index in [4.69, 9.17) is 5.10 Å². The summed E-state index contributed by atoms with van der Waals surface area (Å²) in [5.41, 5.74) is 5.32. The van der Waals surface area contributed by atoms with Crippen LogP contribution in [0.5, 0.6) is 0 Å². The van der Waals surface area contributed by atoms with Gasteiger partial charge in [-0.25, -0.2) is 0 Å². The Morgan fingerprint density at radius 2 is 1.23 bits per heavy atom. The molecule has 0 aliphatic carbocycles. The zero-order chi connectivity index (χ0) is 17.6. The summed E-state index contributed by atoms with van der Waals surface area (Å²) in [7, 11) is 0. The average molecular weight is 340 g/mol. The van der Waals surface area contributed by atoms with E-state index in [2.05, 4.69) is 96.0 Å². The van der Waals surface area contributed by atoms with E-state index >= 15 is 0 Å². The van der Waals surface area contributed by atoms with Crippen molar-refractivity contribution in [1.29, 1.82) is 0 Å². The van der Waals surface area contributed by atoms with Crippen LogP contribution in [0.4, 0.5) is 0 Å². The molecule has 3 aromatic rings. The Morgan fingerprint density at radius 1 is 0.692 bits per heavy atom. The summed E-state index contributed by atoms with van der Waals surface area (Å²) in [4.78, 5) is 0. The molecule has 0 saturated heterocycles. The fraction of sp³-hybridized carbons (Fsp3) is 0.208. The molecule has 3 aromatic carbocycles. The molecule has 26 heavy (non-hydrogen) atoms. The van der Waals surface area contributed by atoms with Crippen molar-refractivity contribution in [3.05, 3.63) is 108 Å². The van der Waals surface area contributed by atoms with E-state index in [9.17, 15) is 0 Å². The molecular weight excluding hydrogens is 316 g/mol. The first-order chi connectivity index (χ1) is 12.9. The number of benzene rings is 3. The molecule has 0 aromatic heterocycles. The number of hydrogen-bond acceptors (Lipinski definition) is 2. The van der Waals surface area contributed by atoms with Gasteiger partial charge in [-0.2, -0.15) is 5.10 Å². The Hall–Kier alpha value is -2.87. The van der Waals surface area contributed by atoms with E-state index < -0.39 is 0 Å². The van der Waals surface area contributed by atoms with Crippen LogP contribution in [0.15, 0.2) is 96.1 Å². The molecule has 0 amide bonds. The largest absolute Gasteiger partial charge is 0.289 e.